The van der Waals surface area contributed by atoms with Gasteiger partial charge in [-0.05, 0) is 56.0 Å². The van der Waals surface area contributed by atoms with Crippen molar-refractivity contribution in [2.75, 3.05) is 26.2 Å². The van der Waals surface area contributed by atoms with Crippen LogP contribution in [0, 0.1) is 13.8 Å². The van der Waals surface area contributed by atoms with E-state index in [9.17, 15) is 4.79 Å². The number of nitrogens with zero attached hydrogens (tertiary/aromatic N) is 3. The van der Waals surface area contributed by atoms with E-state index in [0.29, 0.717) is 0 Å². The number of rotatable bonds is 5. The highest BCUT2D eigenvalue weighted by molar-refractivity contribution is 5.84. The molecule has 1 spiro atoms. The Balaban J connectivity index is 1.22. The van der Waals surface area contributed by atoms with Gasteiger partial charge >= 0.3 is 0 Å². The van der Waals surface area contributed by atoms with Gasteiger partial charge in [-0.15, -0.1) is 0 Å². The minimum absolute atomic E-state index is 0.0661. The second kappa shape index (κ2) is 8.00. The van der Waals surface area contributed by atoms with Crippen LogP contribution in [0.25, 0.3) is 10.8 Å². The van der Waals surface area contributed by atoms with Crippen LogP contribution in [0.2, 0.25) is 0 Å². The van der Waals surface area contributed by atoms with Crippen molar-refractivity contribution in [2.45, 2.75) is 45.2 Å². The maximum absolute atomic E-state index is 13.0. The van der Waals surface area contributed by atoms with Gasteiger partial charge in [0.1, 0.15) is 11.5 Å². The molecule has 2 aromatic carbocycles. The van der Waals surface area contributed by atoms with Crippen LogP contribution in [0.3, 0.4) is 0 Å². The Morgan fingerprint density at radius 2 is 1.97 bits per heavy atom. The van der Waals surface area contributed by atoms with E-state index >= 15 is 0 Å². The summed E-state index contributed by atoms with van der Waals surface area (Å²) < 4.78 is 11.2. The van der Waals surface area contributed by atoms with E-state index in [1.54, 1.807) is 0 Å². The summed E-state index contributed by atoms with van der Waals surface area (Å²) in [5.41, 5.74) is 2.22. The molecule has 1 atom stereocenters. The molecule has 2 fully saturated rings. The number of hydrogen-bond donors (Lipinski definition) is 0. The van der Waals surface area contributed by atoms with Crippen LogP contribution >= 0.6 is 0 Å². The van der Waals surface area contributed by atoms with Crippen LogP contribution in [-0.2, 0) is 11.3 Å². The van der Waals surface area contributed by atoms with Gasteiger partial charge in [0, 0.05) is 37.3 Å². The molecule has 2 aliphatic rings. The van der Waals surface area contributed by atoms with Crippen molar-refractivity contribution in [2.24, 2.45) is 0 Å². The number of amides is 1. The molecular weight excluding hydrogens is 390 g/mol. The van der Waals surface area contributed by atoms with Crippen molar-refractivity contribution < 1.29 is 14.1 Å². The monoisotopic (exact) mass is 419 g/mol. The maximum atomic E-state index is 13.0. The van der Waals surface area contributed by atoms with E-state index < -0.39 is 0 Å². The molecule has 3 heterocycles. The quantitative estimate of drug-likeness (QED) is 0.623. The fraction of sp³-hybridized carbons (Fsp3) is 0.440. The molecule has 0 unspecified atom stereocenters. The summed E-state index contributed by atoms with van der Waals surface area (Å²) in [6.07, 6.45) is 3.29. The molecule has 0 bridgehead atoms. The van der Waals surface area contributed by atoms with Gasteiger partial charge < -0.3 is 14.2 Å². The Morgan fingerprint density at radius 1 is 1.13 bits per heavy atom. The molecule has 3 aromatic rings. The molecule has 2 aliphatic heterocycles. The number of aryl methyl sites for hydroxylation is 2. The number of benzene rings is 2. The smallest absolute Gasteiger partial charge is 0.260 e. The second-order valence-corrected chi connectivity index (χ2v) is 8.92. The zero-order valence-electron chi connectivity index (χ0n) is 18.3. The molecule has 31 heavy (non-hydrogen) atoms. The highest BCUT2D eigenvalue weighted by atomic mass is 16.5. The van der Waals surface area contributed by atoms with Gasteiger partial charge in [-0.25, -0.2) is 0 Å². The number of likely N-dealkylation sites (tertiary alicyclic amines) is 2. The second-order valence-electron chi connectivity index (χ2n) is 8.92. The first-order chi connectivity index (χ1) is 15.0. The molecular formula is C25H29N3O3. The van der Waals surface area contributed by atoms with Gasteiger partial charge in [-0.3, -0.25) is 9.69 Å². The van der Waals surface area contributed by atoms with Crippen molar-refractivity contribution in [1.82, 2.24) is 15.0 Å². The molecule has 5 rings (SSSR count). The van der Waals surface area contributed by atoms with Crippen LogP contribution < -0.4 is 4.74 Å². The fourth-order valence-corrected chi connectivity index (χ4v) is 5.03. The number of aromatic nitrogens is 1. The van der Waals surface area contributed by atoms with Crippen molar-refractivity contribution in [3.05, 3.63) is 59.5 Å². The molecule has 0 aliphatic carbocycles. The van der Waals surface area contributed by atoms with E-state index in [0.717, 1.165) is 68.0 Å². The Morgan fingerprint density at radius 3 is 2.71 bits per heavy atom. The summed E-state index contributed by atoms with van der Waals surface area (Å²) in [7, 11) is 0. The highest BCUT2D eigenvalue weighted by Crippen LogP contribution is 2.40. The Kier molecular flexibility index (Phi) is 5.18. The van der Waals surface area contributed by atoms with E-state index in [1.165, 1.54) is 10.9 Å². The summed E-state index contributed by atoms with van der Waals surface area (Å²) in [6, 6.07) is 14.1. The number of carbonyl (C=O) groups excluding carboxylic acids is 1. The summed E-state index contributed by atoms with van der Waals surface area (Å²) in [4.78, 5) is 17.4. The molecule has 0 radical (unpaired) electrons. The van der Waals surface area contributed by atoms with Crippen LogP contribution in [-0.4, -0.2) is 52.6 Å². The third-order valence-electron chi connectivity index (χ3n) is 7.04. The van der Waals surface area contributed by atoms with Crippen molar-refractivity contribution in [3.8, 4) is 5.75 Å². The van der Waals surface area contributed by atoms with Gasteiger partial charge in [0.25, 0.3) is 5.91 Å². The van der Waals surface area contributed by atoms with Gasteiger partial charge in [0.2, 0.25) is 0 Å². The van der Waals surface area contributed by atoms with Gasteiger partial charge in [-0.2, -0.15) is 0 Å². The average molecular weight is 420 g/mol. The molecule has 0 N–H and O–H groups in total. The lowest BCUT2D eigenvalue weighted by Crippen LogP contribution is -2.67. The number of piperidine rings is 1. The van der Waals surface area contributed by atoms with Crippen molar-refractivity contribution in [3.63, 3.8) is 0 Å². The molecule has 1 amide bonds. The standard InChI is InChI=1S/C25H29N3O3/c1-18-23(19(2)31-26-18)15-28-13-11-25(28)10-5-12-27(17-25)24(29)16-30-22-9-8-20-6-3-4-7-21(20)14-22/h3-4,6-9,14H,5,10-13,15-17H2,1-2H3/t25-/m1/s1. The van der Waals surface area contributed by atoms with Crippen LogP contribution in [0.15, 0.2) is 47.0 Å². The van der Waals surface area contributed by atoms with Crippen molar-refractivity contribution in [1.29, 1.82) is 0 Å². The summed E-state index contributed by atoms with van der Waals surface area (Å²) >= 11 is 0. The van der Waals surface area contributed by atoms with Crippen LogP contribution in [0.4, 0.5) is 0 Å². The molecule has 1 aromatic heterocycles. The zero-order chi connectivity index (χ0) is 21.4. The third kappa shape index (κ3) is 3.81. The third-order valence-corrected chi connectivity index (χ3v) is 7.04. The summed E-state index contributed by atoms with van der Waals surface area (Å²) in [6.45, 7) is 7.54. The molecule has 0 saturated carbocycles. The first kappa shape index (κ1) is 20.1. The molecule has 6 heteroatoms. The Labute approximate surface area is 182 Å². The van der Waals surface area contributed by atoms with Gasteiger partial charge in [0.15, 0.2) is 6.61 Å². The minimum Gasteiger partial charge on any atom is -0.484 e. The Hall–Kier alpha value is -2.86. The molecule has 162 valence electrons. The summed E-state index contributed by atoms with van der Waals surface area (Å²) in [5, 5.41) is 6.38. The zero-order valence-corrected chi connectivity index (χ0v) is 18.3. The van der Waals surface area contributed by atoms with Crippen LogP contribution in [0.5, 0.6) is 5.75 Å². The largest absolute Gasteiger partial charge is 0.484 e. The predicted octanol–water partition coefficient (Wildman–Crippen LogP) is 4.09. The number of fused-ring (bicyclic) bond motifs is 1. The first-order valence-corrected chi connectivity index (χ1v) is 11.1. The van der Waals surface area contributed by atoms with Gasteiger partial charge in [0.05, 0.1) is 5.69 Å². The average Bonchev–Trinajstić information content (AvgIpc) is 3.12. The molecule has 2 saturated heterocycles. The minimum atomic E-state index is 0.0661. The Bertz CT molecular complexity index is 1090. The fourth-order valence-electron chi connectivity index (χ4n) is 5.03. The predicted molar refractivity (Wildman–Crippen MR) is 119 cm³/mol. The van der Waals surface area contributed by atoms with Crippen LogP contribution in [0.1, 0.15) is 36.3 Å². The highest BCUT2D eigenvalue weighted by Gasteiger charge is 2.48. The van der Waals surface area contributed by atoms with Gasteiger partial charge in [-0.1, -0.05) is 35.5 Å². The van der Waals surface area contributed by atoms with E-state index in [2.05, 4.69) is 22.2 Å². The van der Waals surface area contributed by atoms with E-state index in [-0.39, 0.29) is 18.1 Å². The lowest BCUT2D eigenvalue weighted by molar-refractivity contribution is -0.142. The van der Waals surface area contributed by atoms with E-state index in [1.807, 2.05) is 49.1 Å². The lowest BCUT2D eigenvalue weighted by Gasteiger charge is -2.57. The maximum Gasteiger partial charge on any atom is 0.260 e. The number of hydrogen-bond acceptors (Lipinski definition) is 5. The SMILES string of the molecule is Cc1noc(C)c1CN1CC[C@@]12CCCN(C(=O)COc1ccc3ccccc3c1)C2. The topological polar surface area (TPSA) is 58.8 Å². The van der Waals surface area contributed by atoms with E-state index in [4.69, 9.17) is 9.26 Å². The number of carbonyl (C=O) groups is 1. The molecule has 6 nitrogen and oxygen atoms in total. The lowest BCUT2D eigenvalue weighted by atomic mass is 9.77. The summed E-state index contributed by atoms with van der Waals surface area (Å²) in [5.74, 6) is 1.70. The van der Waals surface area contributed by atoms with Crippen molar-refractivity contribution >= 4 is 16.7 Å². The number of ether oxygens (including phenoxy) is 1. The first-order valence-electron chi connectivity index (χ1n) is 11.1. The normalized spacial score (nSPS) is 21.4.